The highest BCUT2D eigenvalue weighted by molar-refractivity contribution is 5.72. The number of ether oxygens (including phenoxy) is 1. The summed E-state index contributed by atoms with van der Waals surface area (Å²) < 4.78 is 22.0. The molecule has 3 aromatic heterocycles. The van der Waals surface area contributed by atoms with Gasteiger partial charge in [-0.1, -0.05) is 20.8 Å². The van der Waals surface area contributed by atoms with Crippen LogP contribution in [0.15, 0.2) is 24.5 Å². The van der Waals surface area contributed by atoms with Gasteiger partial charge in [0.05, 0.1) is 5.69 Å². The van der Waals surface area contributed by atoms with Gasteiger partial charge in [0.2, 0.25) is 0 Å². The highest BCUT2D eigenvalue weighted by Gasteiger charge is 2.41. The minimum Gasteiger partial charge on any atom is -0.443 e. The summed E-state index contributed by atoms with van der Waals surface area (Å²) in [4.78, 5) is 16.3. The first-order valence-electron chi connectivity index (χ1n) is 10.9. The van der Waals surface area contributed by atoms with Crippen LogP contribution in [-0.2, 0) is 10.2 Å². The van der Waals surface area contributed by atoms with Gasteiger partial charge in [-0.05, 0) is 32.8 Å². The molecule has 3 N–H and O–H groups in total. The lowest BCUT2D eigenvalue weighted by Crippen LogP contribution is -2.36. The van der Waals surface area contributed by atoms with Gasteiger partial charge in [0.15, 0.2) is 11.6 Å². The summed E-state index contributed by atoms with van der Waals surface area (Å²) in [5.74, 6) is 0.734. The van der Waals surface area contributed by atoms with E-state index < -0.39 is 24.3 Å². The van der Waals surface area contributed by atoms with Crippen molar-refractivity contribution in [2.75, 3.05) is 5.32 Å². The molecule has 0 spiro atoms. The maximum Gasteiger partial charge on any atom is 0.407 e. The Bertz CT molecular complexity index is 1100. The summed E-state index contributed by atoms with van der Waals surface area (Å²) >= 11 is 0. The standard InChI is InChI=1S/C22H30FN7O2/c1-12(2)25-21(31)32-16-7-6-13(19(16)23)14-10-18(28-27-14)26-20-15-11-17(22(3,4)5)29-30(15)9-8-24-20/h8-13,16,19H,6-7H2,1-5H3,(H,25,31)(H2,24,26,27,28)/t13-,16-,19-/m0/s1. The normalized spacial score (nSPS) is 21.3. The number of hydrogen-bond acceptors (Lipinski definition) is 6. The maximum atomic E-state index is 15.0. The first-order valence-corrected chi connectivity index (χ1v) is 10.9. The molecule has 9 nitrogen and oxygen atoms in total. The Morgan fingerprint density at radius 2 is 2.09 bits per heavy atom. The van der Waals surface area contributed by atoms with Crippen LogP contribution < -0.4 is 10.6 Å². The Morgan fingerprint density at radius 3 is 2.81 bits per heavy atom. The molecule has 0 unspecified atom stereocenters. The lowest BCUT2D eigenvalue weighted by Gasteiger charge is -2.18. The third-order valence-corrected chi connectivity index (χ3v) is 5.57. The van der Waals surface area contributed by atoms with E-state index in [9.17, 15) is 9.18 Å². The number of halogens is 1. The average Bonchev–Trinajstić information content (AvgIpc) is 3.40. The second kappa shape index (κ2) is 8.40. The molecule has 3 heterocycles. The smallest absolute Gasteiger partial charge is 0.407 e. The summed E-state index contributed by atoms with van der Waals surface area (Å²) in [6.45, 7) is 9.97. The molecule has 3 aromatic rings. The van der Waals surface area contributed by atoms with E-state index in [2.05, 4.69) is 51.7 Å². The second-order valence-electron chi connectivity index (χ2n) is 9.59. The van der Waals surface area contributed by atoms with Gasteiger partial charge in [0.25, 0.3) is 0 Å². The minimum absolute atomic E-state index is 0.0627. The Kier molecular flexibility index (Phi) is 5.79. The van der Waals surface area contributed by atoms with Crippen molar-refractivity contribution in [2.45, 2.75) is 77.1 Å². The highest BCUT2D eigenvalue weighted by Crippen LogP contribution is 2.38. The molecule has 1 aliphatic rings. The molecule has 0 aromatic carbocycles. The van der Waals surface area contributed by atoms with Crippen molar-refractivity contribution >= 4 is 23.2 Å². The summed E-state index contributed by atoms with van der Waals surface area (Å²) in [5.41, 5.74) is 2.35. The molecule has 1 saturated carbocycles. The number of hydrogen-bond donors (Lipinski definition) is 3. The van der Waals surface area contributed by atoms with E-state index in [1.807, 2.05) is 19.9 Å². The predicted octanol–water partition coefficient (Wildman–Crippen LogP) is 4.21. The van der Waals surface area contributed by atoms with Crippen LogP contribution in [-0.4, -0.2) is 49.2 Å². The summed E-state index contributed by atoms with van der Waals surface area (Å²) in [6, 6.07) is 3.72. The van der Waals surface area contributed by atoms with Crippen LogP contribution in [0.25, 0.3) is 5.52 Å². The fraction of sp³-hybridized carbons (Fsp3) is 0.545. The molecule has 172 valence electrons. The number of amides is 1. The predicted molar refractivity (Wildman–Crippen MR) is 119 cm³/mol. The summed E-state index contributed by atoms with van der Waals surface area (Å²) in [6.07, 6.45) is 1.84. The Balaban J connectivity index is 1.47. The molecule has 3 atom stereocenters. The van der Waals surface area contributed by atoms with Crippen molar-refractivity contribution in [1.29, 1.82) is 0 Å². The van der Waals surface area contributed by atoms with Gasteiger partial charge < -0.3 is 15.4 Å². The second-order valence-corrected chi connectivity index (χ2v) is 9.59. The van der Waals surface area contributed by atoms with E-state index in [0.29, 0.717) is 30.2 Å². The lowest BCUT2D eigenvalue weighted by atomic mass is 9.92. The number of H-pyrrole nitrogens is 1. The van der Waals surface area contributed by atoms with Crippen LogP contribution in [0, 0.1) is 0 Å². The summed E-state index contributed by atoms with van der Waals surface area (Å²) in [5, 5.41) is 17.7. The van der Waals surface area contributed by atoms with E-state index in [4.69, 9.17) is 4.74 Å². The van der Waals surface area contributed by atoms with Gasteiger partial charge >= 0.3 is 6.09 Å². The van der Waals surface area contributed by atoms with Crippen molar-refractivity contribution in [3.05, 3.63) is 35.9 Å². The van der Waals surface area contributed by atoms with Crippen LogP contribution in [0.2, 0.25) is 0 Å². The van der Waals surface area contributed by atoms with E-state index in [-0.39, 0.29) is 11.5 Å². The SMILES string of the molecule is CC(C)NC(=O)O[C@H]1CC[C@@H](c2cc(Nc3nccn4nc(C(C)(C)C)cc34)n[nH]2)[C@@H]1F. The highest BCUT2D eigenvalue weighted by atomic mass is 19.1. The van der Waals surface area contributed by atoms with E-state index in [1.54, 1.807) is 23.0 Å². The van der Waals surface area contributed by atoms with Crippen molar-refractivity contribution in [1.82, 2.24) is 30.1 Å². The fourth-order valence-corrected chi connectivity index (χ4v) is 3.88. The van der Waals surface area contributed by atoms with Gasteiger partial charge in [0, 0.05) is 41.5 Å². The van der Waals surface area contributed by atoms with Gasteiger partial charge in [-0.25, -0.2) is 18.7 Å². The molecule has 4 rings (SSSR count). The number of nitrogens with zero attached hydrogens (tertiary/aromatic N) is 4. The first kappa shape index (κ1) is 22.0. The van der Waals surface area contributed by atoms with Crippen molar-refractivity contribution in [2.24, 2.45) is 0 Å². The van der Waals surface area contributed by atoms with Gasteiger partial charge in [0.1, 0.15) is 17.8 Å². The maximum absolute atomic E-state index is 15.0. The zero-order chi connectivity index (χ0) is 23.0. The molecule has 10 heteroatoms. The van der Waals surface area contributed by atoms with Gasteiger partial charge in [-0.2, -0.15) is 10.2 Å². The van der Waals surface area contributed by atoms with Gasteiger partial charge in [-0.3, -0.25) is 5.10 Å². The number of nitrogens with one attached hydrogen (secondary N) is 3. The molecular formula is C22H30FN7O2. The van der Waals surface area contributed by atoms with E-state index in [1.165, 1.54) is 0 Å². The van der Waals surface area contributed by atoms with E-state index in [0.717, 1.165) is 11.2 Å². The number of anilines is 2. The molecule has 0 saturated heterocycles. The Labute approximate surface area is 186 Å². The van der Waals surface area contributed by atoms with Crippen molar-refractivity contribution in [3.63, 3.8) is 0 Å². The van der Waals surface area contributed by atoms with Gasteiger partial charge in [-0.15, -0.1) is 0 Å². The summed E-state index contributed by atoms with van der Waals surface area (Å²) in [7, 11) is 0. The number of alkyl carbamates (subject to hydrolysis) is 1. The van der Waals surface area contributed by atoms with Crippen LogP contribution in [0.1, 0.15) is 64.8 Å². The molecule has 1 fully saturated rings. The molecular weight excluding hydrogens is 413 g/mol. The van der Waals surface area contributed by atoms with Crippen LogP contribution in [0.4, 0.5) is 20.8 Å². The van der Waals surface area contributed by atoms with Crippen LogP contribution in [0.3, 0.4) is 0 Å². The average molecular weight is 444 g/mol. The Morgan fingerprint density at radius 1 is 1.31 bits per heavy atom. The number of carbonyl (C=O) groups excluding carboxylic acids is 1. The van der Waals surface area contributed by atoms with E-state index >= 15 is 0 Å². The number of carbonyl (C=O) groups is 1. The number of rotatable bonds is 5. The number of aromatic amines is 1. The molecule has 0 bridgehead atoms. The monoisotopic (exact) mass is 443 g/mol. The lowest BCUT2D eigenvalue weighted by molar-refractivity contribution is 0.0555. The van der Waals surface area contributed by atoms with Crippen LogP contribution in [0.5, 0.6) is 0 Å². The number of aromatic nitrogens is 5. The third kappa shape index (κ3) is 4.53. The zero-order valence-electron chi connectivity index (χ0n) is 19.0. The first-order chi connectivity index (χ1) is 15.1. The Hall–Kier alpha value is -3.17. The van der Waals surface area contributed by atoms with Crippen molar-refractivity contribution in [3.8, 4) is 0 Å². The third-order valence-electron chi connectivity index (χ3n) is 5.57. The molecule has 1 aliphatic carbocycles. The largest absolute Gasteiger partial charge is 0.443 e. The molecule has 32 heavy (non-hydrogen) atoms. The number of fused-ring (bicyclic) bond motifs is 1. The minimum atomic E-state index is -1.30. The zero-order valence-corrected chi connectivity index (χ0v) is 19.0. The molecule has 0 radical (unpaired) electrons. The topological polar surface area (TPSA) is 109 Å². The van der Waals surface area contributed by atoms with Crippen molar-refractivity contribution < 1.29 is 13.9 Å². The fourth-order valence-electron chi connectivity index (χ4n) is 3.88. The quantitative estimate of drug-likeness (QED) is 0.545. The molecule has 0 aliphatic heterocycles. The number of alkyl halides is 1. The molecule has 1 amide bonds. The van der Waals surface area contributed by atoms with Crippen LogP contribution >= 0.6 is 0 Å².